The molecule has 1 aliphatic rings. The van der Waals surface area contributed by atoms with Gasteiger partial charge in [-0.25, -0.2) is 4.98 Å². The van der Waals surface area contributed by atoms with Crippen molar-refractivity contribution in [1.29, 1.82) is 0 Å². The van der Waals surface area contributed by atoms with Crippen molar-refractivity contribution in [1.82, 2.24) is 4.98 Å². The van der Waals surface area contributed by atoms with Crippen LogP contribution >= 0.6 is 11.3 Å². The second-order valence-corrected chi connectivity index (χ2v) is 8.80. The maximum absolute atomic E-state index is 12.3. The molecule has 0 radical (unpaired) electrons. The van der Waals surface area contributed by atoms with E-state index in [0.717, 1.165) is 58.5 Å². The van der Waals surface area contributed by atoms with Crippen LogP contribution in [-0.4, -0.2) is 41.2 Å². The van der Waals surface area contributed by atoms with Gasteiger partial charge in [0.2, 0.25) is 0 Å². The third kappa shape index (κ3) is 5.36. The van der Waals surface area contributed by atoms with Crippen molar-refractivity contribution in [2.45, 2.75) is 24.5 Å². The third-order valence-electron chi connectivity index (χ3n) is 4.02. The molecule has 0 bridgehead atoms. The first kappa shape index (κ1) is 22.0. The smallest absolute Gasteiger partial charge is 0.130 e. The Morgan fingerprint density at radius 3 is 2.54 bits per heavy atom. The molecule has 1 aliphatic heterocycles. The summed E-state index contributed by atoms with van der Waals surface area (Å²) in [5.74, 6) is 1.61. The molecule has 148 valence electrons. The lowest BCUT2D eigenvalue weighted by molar-refractivity contribution is 0.122. The van der Waals surface area contributed by atoms with Gasteiger partial charge in [-0.05, 0) is 49.6 Å². The highest BCUT2D eigenvalue weighted by atomic mass is 32.2. The van der Waals surface area contributed by atoms with Crippen LogP contribution in [0.25, 0.3) is 10.2 Å². The van der Waals surface area contributed by atoms with E-state index < -0.39 is 10.8 Å². The minimum atomic E-state index is -1.03. The fourth-order valence-corrected chi connectivity index (χ4v) is 5.42. The van der Waals surface area contributed by atoms with E-state index in [1.807, 2.05) is 13.8 Å². The molecular formula is C21H25N3O2S2. The van der Waals surface area contributed by atoms with Crippen molar-refractivity contribution in [2.75, 3.05) is 42.7 Å². The van der Waals surface area contributed by atoms with E-state index in [1.165, 1.54) is 11.3 Å². The molecular weight excluding hydrogens is 390 g/mol. The van der Waals surface area contributed by atoms with Gasteiger partial charge in [0.25, 0.3) is 0 Å². The highest BCUT2D eigenvalue weighted by Crippen LogP contribution is 2.38. The molecule has 2 N–H and O–H groups in total. The first-order valence-electron chi connectivity index (χ1n) is 8.98. The van der Waals surface area contributed by atoms with E-state index >= 15 is 0 Å². The van der Waals surface area contributed by atoms with Gasteiger partial charge >= 0.3 is 0 Å². The molecule has 1 saturated heterocycles. The number of anilines is 2. The normalized spacial score (nSPS) is 14.1. The molecule has 1 fully saturated rings. The average molecular weight is 416 g/mol. The van der Waals surface area contributed by atoms with Crippen LogP contribution in [0.3, 0.4) is 0 Å². The van der Waals surface area contributed by atoms with E-state index in [9.17, 15) is 4.21 Å². The minimum absolute atomic E-state index is 0.644. The molecule has 0 saturated carbocycles. The number of aryl methyl sites for hydroxylation is 1. The Balaban J connectivity index is 0.000000409. The van der Waals surface area contributed by atoms with E-state index in [2.05, 4.69) is 47.0 Å². The summed E-state index contributed by atoms with van der Waals surface area (Å²) in [7, 11) is -1.03. The van der Waals surface area contributed by atoms with Gasteiger partial charge in [0.15, 0.2) is 0 Å². The van der Waals surface area contributed by atoms with E-state index in [4.69, 9.17) is 15.5 Å². The Kier molecular flexibility index (Phi) is 8.53. The zero-order chi connectivity index (χ0) is 20.5. The first-order chi connectivity index (χ1) is 13.5. The molecule has 2 aromatic rings. The second-order valence-electron chi connectivity index (χ2n) is 6.03. The molecule has 0 aliphatic carbocycles. The Morgan fingerprint density at radius 2 is 1.96 bits per heavy atom. The van der Waals surface area contributed by atoms with Crippen molar-refractivity contribution in [3.63, 3.8) is 0 Å². The molecule has 2 aromatic heterocycles. The van der Waals surface area contributed by atoms with Crippen LogP contribution in [0, 0.1) is 6.92 Å². The van der Waals surface area contributed by atoms with Crippen LogP contribution in [0.4, 0.5) is 11.5 Å². The first-order valence-corrected chi connectivity index (χ1v) is 11.1. The number of hydrogen-bond donors (Lipinski definition) is 1. The fraction of sp³-hybridized carbons (Fsp3) is 0.381. The van der Waals surface area contributed by atoms with E-state index in [1.54, 1.807) is 0 Å². The topological polar surface area (TPSA) is 68.5 Å². The van der Waals surface area contributed by atoms with Crippen LogP contribution in [-0.2, 0) is 15.5 Å². The summed E-state index contributed by atoms with van der Waals surface area (Å²) in [4.78, 5) is 7.88. The lowest BCUT2D eigenvalue weighted by Crippen LogP contribution is -2.36. The average Bonchev–Trinajstić information content (AvgIpc) is 3.05. The number of rotatable bonds is 4. The predicted molar refractivity (Wildman–Crippen MR) is 119 cm³/mol. The summed E-state index contributed by atoms with van der Waals surface area (Å²) < 4.78 is 18.5. The number of nitrogens with two attached hydrogens (primary N) is 1. The Hall–Kier alpha value is -2.32. The quantitative estimate of drug-likeness (QED) is 0.766. The number of pyridine rings is 1. The van der Waals surface area contributed by atoms with Gasteiger partial charge in [0.1, 0.15) is 14.9 Å². The summed E-state index contributed by atoms with van der Waals surface area (Å²) in [5, 5.41) is 0.960. The van der Waals surface area contributed by atoms with Crippen molar-refractivity contribution < 1.29 is 8.95 Å². The molecule has 0 aromatic carbocycles. The SMILES string of the molecule is C=C=C=C=C=C.CCCS(=O)c1sc2nc(N3CCOCC3)cc(C)c2c1N. The van der Waals surface area contributed by atoms with Crippen LogP contribution in [0.15, 0.2) is 46.4 Å². The zero-order valence-corrected chi connectivity index (χ0v) is 18.0. The van der Waals surface area contributed by atoms with Gasteiger partial charge in [-0.3, -0.25) is 4.21 Å². The van der Waals surface area contributed by atoms with Gasteiger partial charge < -0.3 is 15.4 Å². The Bertz CT molecular complexity index is 978. The molecule has 0 spiro atoms. The number of hydrogen-bond acceptors (Lipinski definition) is 6. The van der Waals surface area contributed by atoms with Gasteiger partial charge in [0, 0.05) is 24.2 Å². The van der Waals surface area contributed by atoms with Gasteiger partial charge in [-0.1, -0.05) is 18.4 Å². The van der Waals surface area contributed by atoms with E-state index in [-0.39, 0.29) is 0 Å². The number of nitrogen functional groups attached to an aromatic ring is 1. The maximum atomic E-state index is 12.3. The number of thiophene rings is 1. The summed E-state index contributed by atoms with van der Waals surface area (Å²) in [6, 6.07) is 2.07. The minimum Gasteiger partial charge on any atom is -0.396 e. The van der Waals surface area contributed by atoms with Crippen LogP contribution in [0.2, 0.25) is 0 Å². The zero-order valence-electron chi connectivity index (χ0n) is 16.3. The van der Waals surface area contributed by atoms with Crippen molar-refractivity contribution >= 4 is 43.9 Å². The molecule has 1 unspecified atom stereocenters. The summed E-state index contributed by atoms with van der Waals surface area (Å²) in [6.45, 7) is 13.7. The third-order valence-corrected chi connectivity index (χ3v) is 7.13. The second kappa shape index (κ2) is 10.9. The molecule has 3 heterocycles. The Morgan fingerprint density at radius 1 is 1.32 bits per heavy atom. The number of aromatic nitrogens is 1. The van der Waals surface area contributed by atoms with Gasteiger partial charge in [-0.15, -0.1) is 11.3 Å². The van der Waals surface area contributed by atoms with E-state index in [0.29, 0.717) is 11.4 Å². The number of morpholine rings is 1. The molecule has 1 atom stereocenters. The van der Waals surface area contributed by atoms with Gasteiger partial charge in [-0.2, -0.15) is 0 Å². The number of nitrogens with zero attached hydrogens (tertiary/aromatic N) is 2. The highest BCUT2D eigenvalue weighted by molar-refractivity contribution is 7.87. The number of ether oxygens (including phenoxy) is 1. The van der Waals surface area contributed by atoms with Crippen molar-refractivity contribution in [3.05, 3.63) is 47.7 Å². The summed E-state index contributed by atoms with van der Waals surface area (Å²) in [5.41, 5.74) is 17.5. The fourth-order valence-electron chi connectivity index (χ4n) is 2.76. The number of fused-ring (bicyclic) bond motifs is 1. The highest BCUT2D eigenvalue weighted by Gasteiger charge is 2.20. The standard InChI is InChI=1S/C15H21N3O2S2.C6H4/c1-3-8-22(19)15-13(16)12-10(2)9-11(17-14(12)21-15)18-4-6-20-7-5-18;1-3-5-6-4-2/h9H,3-8,16H2,1-2H3;1-2H2. The molecule has 3 rings (SSSR count). The molecule has 28 heavy (non-hydrogen) atoms. The maximum Gasteiger partial charge on any atom is 0.130 e. The molecule has 5 nitrogen and oxygen atoms in total. The monoisotopic (exact) mass is 415 g/mol. The van der Waals surface area contributed by atoms with Crippen LogP contribution < -0.4 is 10.6 Å². The lowest BCUT2D eigenvalue weighted by atomic mass is 10.2. The van der Waals surface area contributed by atoms with Gasteiger partial charge in [0.05, 0.1) is 29.7 Å². The van der Waals surface area contributed by atoms with Crippen LogP contribution in [0.5, 0.6) is 0 Å². The van der Waals surface area contributed by atoms with Crippen LogP contribution in [0.1, 0.15) is 18.9 Å². The summed E-state index contributed by atoms with van der Waals surface area (Å²) >= 11 is 1.47. The molecule has 0 amide bonds. The lowest BCUT2D eigenvalue weighted by Gasteiger charge is -2.28. The Labute approximate surface area is 172 Å². The van der Waals surface area contributed by atoms with Crippen molar-refractivity contribution in [3.8, 4) is 0 Å². The summed E-state index contributed by atoms with van der Waals surface area (Å²) in [6.07, 6.45) is 0.881. The van der Waals surface area contributed by atoms with Crippen molar-refractivity contribution in [2.24, 2.45) is 0 Å². The molecule has 7 heteroatoms. The predicted octanol–water partition coefficient (Wildman–Crippen LogP) is 3.96. The largest absolute Gasteiger partial charge is 0.396 e.